The molecule has 0 radical (unpaired) electrons. The van der Waals surface area contributed by atoms with Crippen molar-refractivity contribution in [1.29, 1.82) is 0 Å². The van der Waals surface area contributed by atoms with Crippen molar-refractivity contribution in [3.05, 3.63) is 65.9 Å². The van der Waals surface area contributed by atoms with Crippen LogP contribution in [0.1, 0.15) is 23.0 Å². The number of anilines is 1. The van der Waals surface area contributed by atoms with Gasteiger partial charge < -0.3 is 20.0 Å². The molecule has 28 heavy (non-hydrogen) atoms. The average molecular weight is 377 g/mol. The Kier molecular flexibility index (Phi) is 5.12. The summed E-state index contributed by atoms with van der Waals surface area (Å²) in [6, 6.07) is 16.8. The minimum Gasteiger partial charge on any atom is -0.451 e. The zero-order valence-electron chi connectivity index (χ0n) is 15.8. The number of carbonyl (C=O) groups excluding carboxylic acids is 2. The lowest BCUT2D eigenvalue weighted by atomic mass is 10.1. The summed E-state index contributed by atoms with van der Waals surface area (Å²) in [4.78, 5) is 26.9. The van der Waals surface area contributed by atoms with E-state index in [0.717, 1.165) is 30.6 Å². The van der Waals surface area contributed by atoms with Crippen LogP contribution in [0.25, 0.3) is 11.0 Å². The van der Waals surface area contributed by atoms with Gasteiger partial charge in [-0.1, -0.05) is 30.3 Å². The summed E-state index contributed by atoms with van der Waals surface area (Å²) < 4.78 is 5.59. The molecule has 0 bridgehead atoms. The lowest BCUT2D eigenvalue weighted by molar-refractivity contribution is -0.133. The maximum atomic E-state index is 12.5. The van der Waals surface area contributed by atoms with Gasteiger partial charge in [-0.2, -0.15) is 0 Å². The third kappa shape index (κ3) is 3.92. The molecular formula is C22H23N3O3. The molecule has 3 aromatic rings. The molecule has 1 aliphatic heterocycles. The summed E-state index contributed by atoms with van der Waals surface area (Å²) in [7, 11) is 0. The number of para-hydroxylation sites is 1. The average Bonchev–Trinajstić information content (AvgIpc) is 3.14. The normalized spacial score (nSPS) is 16.9. The molecule has 1 aliphatic rings. The number of piperazine rings is 1. The maximum Gasteiger partial charge on any atom is 0.291 e. The van der Waals surface area contributed by atoms with E-state index < -0.39 is 0 Å². The Morgan fingerprint density at radius 1 is 1.18 bits per heavy atom. The first-order valence-electron chi connectivity index (χ1n) is 9.49. The summed E-state index contributed by atoms with van der Waals surface area (Å²) >= 11 is 0. The zero-order valence-corrected chi connectivity index (χ0v) is 15.8. The van der Waals surface area contributed by atoms with Gasteiger partial charge >= 0.3 is 0 Å². The van der Waals surface area contributed by atoms with Crippen LogP contribution >= 0.6 is 0 Å². The van der Waals surface area contributed by atoms with Gasteiger partial charge in [-0.25, -0.2) is 0 Å². The molecule has 2 heterocycles. The number of amides is 2. The van der Waals surface area contributed by atoms with Crippen LogP contribution in [0.5, 0.6) is 0 Å². The molecule has 1 atom stereocenters. The first-order valence-corrected chi connectivity index (χ1v) is 9.49. The molecule has 2 N–H and O–H groups in total. The van der Waals surface area contributed by atoms with E-state index in [1.165, 1.54) is 0 Å². The maximum absolute atomic E-state index is 12.5. The van der Waals surface area contributed by atoms with Crippen molar-refractivity contribution in [2.45, 2.75) is 19.4 Å². The van der Waals surface area contributed by atoms with Crippen LogP contribution in [-0.4, -0.2) is 42.4 Å². The lowest BCUT2D eigenvalue weighted by Gasteiger charge is -2.34. The standard InChI is InChI=1S/C22H23N3O3/c1-15-14-23-10-11-25(15)21(26)12-16-6-8-18(9-7-16)24-22(27)20-13-17-4-2-3-5-19(17)28-20/h2-9,13,15,23H,10-12,14H2,1H3,(H,24,27)/t15-/m1/s1. The molecule has 0 aliphatic carbocycles. The van der Waals surface area contributed by atoms with E-state index in [0.29, 0.717) is 17.7 Å². The molecule has 0 saturated carbocycles. The zero-order chi connectivity index (χ0) is 19.5. The van der Waals surface area contributed by atoms with Gasteiger partial charge in [-0.05, 0) is 36.8 Å². The van der Waals surface area contributed by atoms with Crippen LogP contribution in [0.15, 0.2) is 59.0 Å². The van der Waals surface area contributed by atoms with Gasteiger partial charge in [0.2, 0.25) is 5.91 Å². The molecule has 6 nitrogen and oxygen atoms in total. The third-order valence-electron chi connectivity index (χ3n) is 5.04. The van der Waals surface area contributed by atoms with Crippen LogP contribution in [0.2, 0.25) is 0 Å². The van der Waals surface area contributed by atoms with Gasteiger partial charge in [-0.3, -0.25) is 9.59 Å². The number of furan rings is 1. The summed E-state index contributed by atoms with van der Waals surface area (Å²) in [6.07, 6.45) is 0.363. The summed E-state index contributed by atoms with van der Waals surface area (Å²) in [5.74, 6) is 0.107. The molecule has 2 amide bonds. The molecule has 1 fully saturated rings. The highest BCUT2D eigenvalue weighted by Crippen LogP contribution is 2.20. The van der Waals surface area contributed by atoms with E-state index in [9.17, 15) is 9.59 Å². The first-order chi connectivity index (χ1) is 13.6. The van der Waals surface area contributed by atoms with Gasteiger partial charge in [0.1, 0.15) is 5.58 Å². The molecule has 4 rings (SSSR count). The quantitative estimate of drug-likeness (QED) is 0.733. The number of nitrogens with one attached hydrogen (secondary N) is 2. The van der Waals surface area contributed by atoms with Gasteiger partial charge in [0.25, 0.3) is 5.91 Å². The Balaban J connectivity index is 1.38. The van der Waals surface area contributed by atoms with E-state index in [1.807, 2.05) is 53.4 Å². The Morgan fingerprint density at radius 2 is 1.96 bits per heavy atom. The molecule has 0 unspecified atom stereocenters. The fourth-order valence-electron chi connectivity index (χ4n) is 3.48. The van der Waals surface area contributed by atoms with Crippen molar-refractivity contribution in [3.63, 3.8) is 0 Å². The van der Waals surface area contributed by atoms with Crippen molar-refractivity contribution in [2.75, 3.05) is 25.0 Å². The van der Waals surface area contributed by atoms with Crippen LogP contribution in [-0.2, 0) is 11.2 Å². The number of fused-ring (bicyclic) bond motifs is 1. The van der Waals surface area contributed by atoms with Crippen LogP contribution < -0.4 is 10.6 Å². The van der Waals surface area contributed by atoms with Gasteiger partial charge in [0.05, 0.1) is 6.42 Å². The number of benzene rings is 2. The summed E-state index contributed by atoms with van der Waals surface area (Å²) in [6.45, 7) is 4.47. The van der Waals surface area contributed by atoms with Crippen molar-refractivity contribution in [3.8, 4) is 0 Å². The van der Waals surface area contributed by atoms with Crippen molar-refractivity contribution in [1.82, 2.24) is 10.2 Å². The van der Waals surface area contributed by atoms with Crippen molar-refractivity contribution >= 4 is 28.5 Å². The van der Waals surface area contributed by atoms with E-state index >= 15 is 0 Å². The van der Waals surface area contributed by atoms with Gasteiger partial charge in [0.15, 0.2) is 5.76 Å². The van der Waals surface area contributed by atoms with E-state index in [-0.39, 0.29) is 23.6 Å². The van der Waals surface area contributed by atoms with E-state index in [1.54, 1.807) is 6.07 Å². The topological polar surface area (TPSA) is 74.6 Å². The molecule has 1 saturated heterocycles. The Labute approximate surface area is 163 Å². The van der Waals surface area contributed by atoms with Crippen LogP contribution in [0.3, 0.4) is 0 Å². The highest BCUT2D eigenvalue weighted by atomic mass is 16.3. The van der Waals surface area contributed by atoms with Gasteiger partial charge in [0, 0.05) is 36.7 Å². The fourth-order valence-corrected chi connectivity index (χ4v) is 3.48. The molecule has 144 valence electrons. The predicted molar refractivity (Wildman–Crippen MR) is 108 cm³/mol. The predicted octanol–water partition coefficient (Wildman–Crippen LogP) is 3.05. The van der Waals surface area contributed by atoms with Gasteiger partial charge in [-0.15, -0.1) is 0 Å². The van der Waals surface area contributed by atoms with Crippen molar-refractivity contribution in [2.24, 2.45) is 0 Å². The molecule has 1 aromatic heterocycles. The Bertz CT molecular complexity index is 961. The molecule has 2 aromatic carbocycles. The summed E-state index contributed by atoms with van der Waals surface area (Å²) in [5, 5.41) is 7.02. The second-order valence-electron chi connectivity index (χ2n) is 7.12. The largest absolute Gasteiger partial charge is 0.451 e. The molecule has 6 heteroatoms. The monoisotopic (exact) mass is 377 g/mol. The Morgan fingerprint density at radius 3 is 2.71 bits per heavy atom. The molecular weight excluding hydrogens is 354 g/mol. The SMILES string of the molecule is C[C@@H]1CNCCN1C(=O)Cc1ccc(NC(=O)c2cc3ccccc3o2)cc1. The second kappa shape index (κ2) is 7.86. The minimum atomic E-state index is -0.297. The number of rotatable bonds is 4. The number of hydrogen-bond acceptors (Lipinski definition) is 4. The number of nitrogens with zero attached hydrogens (tertiary/aromatic N) is 1. The minimum absolute atomic E-state index is 0.132. The highest BCUT2D eigenvalue weighted by Gasteiger charge is 2.22. The lowest BCUT2D eigenvalue weighted by Crippen LogP contribution is -2.52. The van der Waals surface area contributed by atoms with E-state index in [4.69, 9.17) is 4.42 Å². The Hall–Kier alpha value is -3.12. The highest BCUT2D eigenvalue weighted by molar-refractivity contribution is 6.04. The third-order valence-corrected chi connectivity index (χ3v) is 5.04. The smallest absolute Gasteiger partial charge is 0.291 e. The van der Waals surface area contributed by atoms with Crippen LogP contribution in [0.4, 0.5) is 5.69 Å². The van der Waals surface area contributed by atoms with E-state index in [2.05, 4.69) is 17.6 Å². The second-order valence-corrected chi connectivity index (χ2v) is 7.12. The fraction of sp³-hybridized carbons (Fsp3) is 0.273. The van der Waals surface area contributed by atoms with Crippen molar-refractivity contribution < 1.29 is 14.0 Å². The summed E-state index contributed by atoms with van der Waals surface area (Å²) in [5.41, 5.74) is 2.28. The molecule has 0 spiro atoms. The number of hydrogen-bond donors (Lipinski definition) is 2. The first kappa shape index (κ1) is 18.3. The van der Waals surface area contributed by atoms with Crippen LogP contribution in [0, 0.1) is 0 Å². The number of carbonyl (C=O) groups is 2.